The Labute approximate surface area is 174 Å². The molecule has 5 heteroatoms. The van der Waals surface area contributed by atoms with E-state index in [1.54, 1.807) is 7.11 Å². The molecule has 0 amide bonds. The first-order valence-corrected chi connectivity index (χ1v) is 10.4. The minimum Gasteiger partial charge on any atom is -0.497 e. The highest BCUT2D eigenvalue weighted by atomic mass is 19.1. The number of hydrogen-bond acceptors (Lipinski definition) is 4. The van der Waals surface area contributed by atoms with Gasteiger partial charge in [-0.2, -0.15) is 0 Å². The summed E-state index contributed by atoms with van der Waals surface area (Å²) in [5.74, 6) is 1.60. The summed E-state index contributed by atoms with van der Waals surface area (Å²) < 4.78 is 24.2. The van der Waals surface area contributed by atoms with Crippen molar-refractivity contribution in [3.63, 3.8) is 0 Å². The fourth-order valence-electron chi connectivity index (χ4n) is 3.98. The SMILES string of the molecule is COc1ccc(CCN(Cc2ccc(F)c(OC)c2)CC2CCN(C)CC2)cc1. The number of benzene rings is 2. The lowest BCUT2D eigenvalue weighted by Gasteiger charge is -2.33. The maximum Gasteiger partial charge on any atom is 0.165 e. The molecule has 0 saturated carbocycles. The minimum atomic E-state index is -0.309. The van der Waals surface area contributed by atoms with Gasteiger partial charge in [-0.15, -0.1) is 0 Å². The van der Waals surface area contributed by atoms with Gasteiger partial charge in [-0.1, -0.05) is 18.2 Å². The Bertz CT molecular complexity index is 758. The molecule has 158 valence electrons. The highest BCUT2D eigenvalue weighted by Crippen LogP contribution is 2.22. The Morgan fingerprint density at radius 1 is 1.00 bits per heavy atom. The lowest BCUT2D eigenvalue weighted by molar-refractivity contribution is 0.157. The van der Waals surface area contributed by atoms with Crippen molar-refractivity contribution in [2.24, 2.45) is 5.92 Å². The Kier molecular flexibility index (Phi) is 7.90. The highest BCUT2D eigenvalue weighted by molar-refractivity contribution is 5.30. The van der Waals surface area contributed by atoms with E-state index in [9.17, 15) is 4.39 Å². The molecule has 1 fully saturated rings. The second kappa shape index (κ2) is 10.6. The third-order valence-corrected chi connectivity index (χ3v) is 5.85. The van der Waals surface area contributed by atoms with Crippen molar-refractivity contribution in [2.75, 3.05) is 47.4 Å². The van der Waals surface area contributed by atoms with Gasteiger partial charge in [0.1, 0.15) is 5.75 Å². The van der Waals surface area contributed by atoms with Crippen molar-refractivity contribution in [3.8, 4) is 11.5 Å². The smallest absolute Gasteiger partial charge is 0.165 e. The van der Waals surface area contributed by atoms with Crippen molar-refractivity contribution < 1.29 is 13.9 Å². The maximum atomic E-state index is 13.8. The van der Waals surface area contributed by atoms with E-state index < -0.39 is 0 Å². The van der Waals surface area contributed by atoms with Crippen molar-refractivity contribution in [2.45, 2.75) is 25.8 Å². The molecule has 3 rings (SSSR count). The van der Waals surface area contributed by atoms with Crippen LogP contribution in [0.25, 0.3) is 0 Å². The molecule has 0 unspecified atom stereocenters. The molecular formula is C24H33FN2O2. The van der Waals surface area contributed by atoms with Gasteiger partial charge in [0.15, 0.2) is 11.6 Å². The summed E-state index contributed by atoms with van der Waals surface area (Å²) in [6.45, 7) is 5.18. The van der Waals surface area contributed by atoms with Crippen molar-refractivity contribution in [3.05, 3.63) is 59.4 Å². The lowest BCUT2D eigenvalue weighted by Crippen LogP contribution is -2.37. The molecule has 1 aliphatic rings. The number of halogens is 1. The highest BCUT2D eigenvalue weighted by Gasteiger charge is 2.20. The van der Waals surface area contributed by atoms with Gasteiger partial charge in [-0.25, -0.2) is 4.39 Å². The molecule has 2 aromatic rings. The molecule has 2 aromatic carbocycles. The Morgan fingerprint density at radius 2 is 1.69 bits per heavy atom. The molecular weight excluding hydrogens is 367 g/mol. The number of rotatable bonds is 9. The monoisotopic (exact) mass is 400 g/mol. The Balaban J connectivity index is 1.66. The van der Waals surface area contributed by atoms with Crippen LogP contribution >= 0.6 is 0 Å². The van der Waals surface area contributed by atoms with E-state index in [1.807, 2.05) is 24.3 Å². The predicted octanol–water partition coefficient (Wildman–Crippen LogP) is 4.23. The zero-order chi connectivity index (χ0) is 20.6. The molecule has 0 atom stereocenters. The number of nitrogens with zero attached hydrogens (tertiary/aromatic N) is 2. The van der Waals surface area contributed by atoms with Gasteiger partial charge in [-0.3, -0.25) is 4.90 Å². The quantitative estimate of drug-likeness (QED) is 0.629. The first-order chi connectivity index (χ1) is 14.1. The molecule has 4 nitrogen and oxygen atoms in total. The summed E-state index contributed by atoms with van der Waals surface area (Å²) in [7, 11) is 5.40. The molecule has 1 aliphatic heterocycles. The van der Waals surface area contributed by atoms with Crippen molar-refractivity contribution in [1.82, 2.24) is 9.80 Å². The first-order valence-electron chi connectivity index (χ1n) is 10.4. The van der Waals surface area contributed by atoms with E-state index in [1.165, 1.54) is 44.7 Å². The summed E-state index contributed by atoms with van der Waals surface area (Å²) in [4.78, 5) is 4.91. The number of ether oxygens (including phenoxy) is 2. The number of piperidine rings is 1. The van der Waals surface area contributed by atoms with Crippen LogP contribution in [0.2, 0.25) is 0 Å². The Hall–Kier alpha value is -2.11. The van der Waals surface area contributed by atoms with Gasteiger partial charge >= 0.3 is 0 Å². The van der Waals surface area contributed by atoms with Gasteiger partial charge in [-0.05, 0) is 80.7 Å². The molecule has 1 saturated heterocycles. The van der Waals surface area contributed by atoms with Gasteiger partial charge < -0.3 is 14.4 Å². The third-order valence-electron chi connectivity index (χ3n) is 5.85. The fourth-order valence-corrected chi connectivity index (χ4v) is 3.98. The van der Waals surface area contributed by atoms with Crippen LogP contribution < -0.4 is 9.47 Å². The number of hydrogen-bond donors (Lipinski definition) is 0. The average Bonchev–Trinajstić information content (AvgIpc) is 2.75. The van der Waals surface area contributed by atoms with Crippen LogP contribution in [0, 0.1) is 11.7 Å². The minimum absolute atomic E-state index is 0.309. The fraction of sp³-hybridized carbons (Fsp3) is 0.500. The van der Waals surface area contributed by atoms with E-state index >= 15 is 0 Å². The standard InChI is InChI=1S/C24H33FN2O2/c1-26-13-10-20(11-14-26)17-27(15-12-19-4-7-22(28-2)8-5-19)18-21-6-9-23(25)24(16-21)29-3/h4-9,16,20H,10-15,17-18H2,1-3H3. The molecule has 0 aromatic heterocycles. The lowest BCUT2D eigenvalue weighted by atomic mass is 9.96. The summed E-state index contributed by atoms with van der Waals surface area (Å²) in [5, 5.41) is 0. The molecule has 0 radical (unpaired) electrons. The first kappa shape index (κ1) is 21.6. The molecule has 0 spiro atoms. The molecule has 0 aliphatic carbocycles. The summed E-state index contributed by atoms with van der Waals surface area (Å²) in [6, 6.07) is 13.5. The zero-order valence-corrected chi connectivity index (χ0v) is 17.9. The van der Waals surface area contributed by atoms with E-state index in [-0.39, 0.29) is 5.82 Å². The topological polar surface area (TPSA) is 24.9 Å². The number of methoxy groups -OCH3 is 2. The van der Waals surface area contributed by atoms with E-state index in [4.69, 9.17) is 9.47 Å². The summed E-state index contributed by atoms with van der Waals surface area (Å²) >= 11 is 0. The van der Waals surface area contributed by atoms with Crippen molar-refractivity contribution in [1.29, 1.82) is 0 Å². The van der Waals surface area contributed by atoms with Crippen LogP contribution in [0.4, 0.5) is 4.39 Å². The maximum absolute atomic E-state index is 13.8. The van der Waals surface area contributed by atoms with Gasteiger partial charge in [0.25, 0.3) is 0 Å². The Morgan fingerprint density at radius 3 is 2.34 bits per heavy atom. The molecule has 1 heterocycles. The van der Waals surface area contributed by atoms with E-state index in [0.717, 1.165) is 37.4 Å². The molecule has 29 heavy (non-hydrogen) atoms. The van der Waals surface area contributed by atoms with Crippen LogP contribution in [0.5, 0.6) is 11.5 Å². The molecule has 0 bridgehead atoms. The average molecular weight is 401 g/mol. The largest absolute Gasteiger partial charge is 0.497 e. The summed E-state index contributed by atoms with van der Waals surface area (Å²) in [6.07, 6.45) is 3.46. The van der Waals surface area contributed by atoms with Gasteiger partial charge in [0, 0.05) is 19.6 Å². The number of likely N-dealkylation sites (tertiary alicyclic amines) is 1. The molecule has 0 N–H and O–H groups in total. The van der Waals surface area contributed by atoms with Crippen molar-refractivity contribution >= 4 is 0 Å². The second-order valence-electron chi connectivity index (χ2n) is 8.05. The van der Waals surface area contributed by atoms with Crippen LogP contribution in [0.15, 0.2) is 42.5 Å². The van der Waals surface area contributed by atoms with E-state index in [0.29, 0.717) is 11.7 Å². The van der Waals surface area contributed by atoms with E-state index in [2.05, 4.69) is 29.0 Å². The zero-order valence-electron chi connectivity index (χ0n) is 17.9. The second-order valence-corrected chi connectivity index (χ2v) is 8.05. The van der Waals surface area contributed by atoms with Crippen LogP contribution in [-0.4, -0.2) is 57.2 Å². The van der Waals surface area contributed by atoms with Gasteiger partial charge in [0.05, 0.1) is 14.2 Å². The van der Waals surface area contributed by atoms with Gasteiger partial charge in [0.2, 0.25) is 0 Å². The predicted molar refractivity (Wildman–Crippen MR) is 115 cm³/mol. The third kappa shape index (κ3) is 6.44. The van der Waals surface area contributed by atoms with Crippen LogP contribution in [0.3, 0.4) is 0 Å². The van der Waals surface area contributed by atoms with Crippen LogP contribution in [-0.2, 0) is 13.0 Å². The summed E-state index contributed by atoms with van der Waals surface area (Å²) in [5.41, 5.74) is 2.39. The normalized spacial score (nSPS) is 15.6. The van der Waals surface area contributed by atoms with Crippen LogP contribution in [0.1, 0.15) is 24.0 Å².